The Kier molecular flexibility index (Phi) is 6.71. The molecule has 0 saturated carbocycles. The van der Waals surface area contributed by atoms with Gasteiger partial charge in [-0.3, -0.25) is 9.69 Å². The van der Waals surface area contributed by atoms with Crippen molar-refractivity contribution in [2.75, 3.05) is 27.2 Å². The summed E-state index contributed by atoms with van der Waals surface area (Å²) in [6.07, 6.45) is 0.504. The van der Waals surface area contributed by atoms with Crippen LogP contribution in [-0.4, -0.2) is 47.9 Å². The van der Waals surface area contributed by atoms with E-state index in [0.717, 1.165) is 0 Å². The summed E-state index contributed by atoms with van der Waals surface area (Å²) in [5.41, 5.74) is 6.01. The monoisotopic (exact) mass is 311 g/mol. The molecular formula is C15H22FN3OS. The smallest absolute Gasteiger partial charge is 0.236 e. The van der Waals surface area contributed by atoms with E-state index in [-0.39, 0.29) is 24.3 Å². The van der Waals surface area contributed by atoms with E-state index in [1.807, 2.05) is 11.8 Å². The molecule has 0 aliphatic rings. The Morgan fingerprint density at radius 1 is 1.38 bits per heavy atom. The van der Waals surface area contributed by atoms with Gasteiger partial charge in [0.1, 0.15) is 5.82 Å². The van der Waals surface area contributed by atoms with E-state index in [2.05, 4.69) is 0 Å². The van der Waals surface area contributed by atoms with Crippen LogP contribution in [0, 0.1) is 5.82 Å². The number of hydrogen-bond acceptors (Lipinski definition) is 3. The van der Waals surface area contributed by atoms with Gasteiger partial charge in [0.15, 0.2) is 0 Å². The highest BCUT2D eigenvalue weighted by Crippen LogP contribution is 2.21. The molecule has 6 heteroatoms. The van der Waals surface area contributed by atoms with Gasteiger partial charge in [0.25, 0.3) is 0 Å². The van der Waals surface area contributed by atoms with Crippen molar-refractivity contribution in [3.05, 3.63) is 35.6 Å². The van der Waals surface area contributed by atoms with Crippen molar-refractivity contribution >= 4 is 23.1 Å². The lowest BCUT2D eigenvalue weighted by molar-refractivity contribution is -0.131. The van der Waals surface area contributed by atoms with Crippen molar-refractivity contribution in [3.8, 4) is 0 Å². The molecule has 1 amide bonds. The Balaban J connectivity index is 2.59. The third-order valence-corrected chi connectivity index (χ3v) is 3.72. The zero-order valence-corrected chi connectivity index (χ0v) is 13.5. The van der Waals surface area contributed by atoms with Crippen LogP contribution in [-0.2, 0) is 4.79 Å². The largest absolute Gasteiger partial charge is 0.393 e. The highest BCUT2D eigenvalue weighted by molar-refractivity contribution is 7.80. The predicted octanol–water partition coefficient (Wildman–Crippen LogP) is 1.95. The van der Waals surface area contributed by atoms with Crippen LogP contribution in [0.5, 0.6) is 0 Å². The molecule has 0 heterocycles. The van der Waals surface area contributed by atoms with Crippen LogP contribution in [0.3, 0.4) is 0 Å². The summed E-state index contributed by atoms with van der Waals surface area (Å²) in [5.74, 6) is -0.303. The quantitative estimate of drug-likeness (QED) is 0.782. The third-order valence-electron chi connectivity index (χ3n) is 3.52. The van der Waals surface area contributed by atoms with E-state index in [1.54, 1.807) is 37.2 Å². The maximum absolute atomic E-state index is 13.8. The van der Waals surface area contributed by atoms with Crippen LogP contribution in [0.15, 0.2) is 24.3 Å². The van der Waals surface area contributed by atoms with Gasteiger partial charge in [-0.05, 0) is 20.0 Å². The third kappa shape index (κ3) is 5.40. The Morgan fingerprint density at radius 2 is 2.00 bits per heavy atom. The molecule has 0 radical (unpaired) electrons. The summed E-state index contributed by atoms with van der Waals surface area (Å²) in [5, 5.41) is 0. The fourth-order valence-electron chi connectivity index (χ4n) is 1.92. The molecule has 0 aromatic heterocycles. The van der Waals surface area contributed by atoms with Gasteiger partial charge >= 0.3 is 0 Å². The molecular weight excluding hydrogens is 289 g/mol. The molecule has 1 atom stereocenters. The number of carbonyl (C=O) groups excluding carboxylic acids is 1. The molecule has 1 aromatic carbocycles. The molecule has 2 N–H and O–H groups in total. The summed E-state index contributed by atoms with van der Waals surface area (Å²) in [4.78, 5) is 15.9. The van der Waals surface area contributed by atoms with Crippen LogP contribution in [0.25, 0.3) is 0 Å². The SMILES string of the molecule is CC(c1ccccc1F)N(C)CC(=O)N(C)CCC(N)=S. The van der Waals surface area contributed by atoms with Gasteiger partial charge in [-0.25, -0.2) is 4.39 Å². The molecule has 0 bridgehead atoms. The number of likely N-dealkylation sites (N-methyl/N-ethyl adjacent to an activating group) is 2. The van der Waals surface area contributed by atoms with E-state index in [1.165, 1.54) is 6.07 Å². The lowest BCUT2D eigenvalue weighted by atomic mass is 10.1. The van der Waals surface area contributed by atoms with Crippen molar-refractivity contribution in [3.63, 3.8) is 0 Å². The first-order chi connectivity index (χ1) is 9.82. The number of thiocarbonyl (C=S) groups is 1. The second-order valence-electron chi connectivity index (χ2n) is 5.14. The molecule has 0 aliphatic heterocycles. The Bertz CT molecular complexity index is 509. The van der Waals surface area contributed by atoms with E-state index in [0.29, 0.717) is 23.5 Å². The first-order valence-electron chi connectivity index (χ1n) is 6.80. The fourth-order valence-corrected chi connectivity index (χ4v) is 2.02. The first-order valence-corrected chi connectivity index (χ1v) is 7.20. The van der Waals surface area contributed by atoms with Crippen LogP contribution in [0.4, 0.5) is 4.39 Å². The normalized spacial score (nSPS) is 12.2. The van der Waals surface area contributed by atoms with E-state index >= 15 is 0 Å². The number of nitrogens with zero attached hydrogens (tertiary/aromatic N) is 2. The summed E-state index contributed by atoms with van der Waals surface area (Å²) >= 11 is 4.80. The number of nitrogens with two attached hydrogens (primary N) is 1. The molecule has 1 aromatic rings. The standard InChI is InChI=1S/C15H22FN3OS/c1-11(12-6-4-5-7-13(12)16)19(3)10-15(20)18(2)9-8-14(17)21/h4-7,11H,8-10H2,1-3H3,(H2,17,21). The first kappa shape index (κ1) is 17.5. The molecule has 1 rings (SSSR count). The van der Waals surface area contributed by atoms with Crippen molar-refractivity contribution in [1.82, 2.24) is 9.80 Å². The molecule has 0 fully saturated rings. The molecule has 1 unspecified atom stereocenters. The summed E-state index contributed by atoms with van der Waals surface area (Å²) in [6, 6.07) is 6.42. The van der Waals surface area contributed by atoms with Crippen LogP contribution in [0.1, 0.15) is 24.9 Å². The maximum atomic E-state index is 13.8. The molecule has 4 nitrogen and oxygen atoms in total. The van der Waals surface area contributed by atoms with E-state index in [4.69, 9.17) is 18.0 Å². The lowest BCUT2D eigenvalue weighted by Crippen LogP contribution is -2.39. The average Bonchev–Trinajstić information content (AvgIpc) is 2.44. The van der Waals surface area contributed by atoms with E-state index < -0.39 is 0 Å². The molecule has 21 heavy (non-hydrogen) atoms. The van der Waals surface area contributed by atoms with Crippen molar-refractivity contribution in [2.45, 2.75) is 19.4 Å². The average molecular weight is 311 g/mol. The van der Waals surface area contributed by atoms with Crippen LogP contribution < -0.4 is 5.73 Å². The lowest BCUT2D eigenvalue weighted by Gasteiger charge is -2.27. The number of rotatable bonds is 7. The van der Waals surface area contributed by atoms with Crippen molar-refractivity contribution in [1.29, 1.82) is 0 Å². The van der Waals surface area contributed by atoms with Gasteiger partial charge < -0.3 is 10.6 Å². The molecule has 116 valence electrons. The maximum Gasteiger partial charge on any atom is 0.236 e. The Hall–Kier alpha value is -1.53. The molecule has 0 saturated heterocycles. The minimum absolute atomic E-state index is 0.0445. The van der Waals surface area contributed by atoms with Crippen LogP contribution in [0.2, 0.25) is 0 Å². The zero-order valence-electron chi connectivity index (χ0n) is 12.7. The molecule has 0 aliphatic carbocycles. The minimum atomic E-state index is -0.258. The number of hydrogen-bond donors (Lipinski definition) is 1. The fraction of sp³-hybridized carbons (Fsp3) is 0.467. The number of halogens is 1. The van der Waals surface area contributed by atoms with Crippen molar-refractivity contribution in [2.24, 2.45) is 5.73 Å². The van der Waals surface area contributed by atoms with Gasteiger partial charge in [-0.2, -0.15) is 0 Å². The van der Waals surface area contributed by atoms with Crippen molar-refractivity contribution < 1.29 is 9.18 Å². The highest BCUT2D eigenvalue weighted by atomic mass is 32.1. The van der Waals surface area contributed by atoms with Gasteiger partial charge in [0.2, 0.25) is 5.91 Å². The summed E-state index contributed by atoms with van der Waals surface area (Å²) in [7, 11) is 3.51. The molecule has 0 spiro atoms. The second kappa shape index (κ2) is 8.05. The number of amides is 1. The van der Waals surface area contributed by atoms with Gasteiger partial charge in [-0.15, -0.1) is 0 Å². The minimum Gasteiger partial charge on any atom is -0.393 e. The van der Waals surface area contributed by atoms with Gasteiger partial charge in [0, 0.05) is 31.6 Å². The Labute approximate surface area is 130 Å². The summed E-state index contributed by atoms with van der Waals surface area (Å²) < 4.78 is 13.8. The predicted molar refractivity (Wildman–Crippen MR) is 86.5 cm³/mol. The highest BCUT2D eigenvalue weighted by Gasteiger charge is 2.19. The number of benzene rings is 1. The Morgan fingerprint density at radius 3 is 2.57 bits per heavy atom. The van der Waals surface area contributed by atoms with Crippen LogP contribution >= 0.6 is 12.2 Å². The number of carbonyl (C=O) groups is 1. The summed E-state index contributed by atoms with van der Waals surface area (Å²) in [6.45, 7) is 2.58. The topological polar surface area (TPSA) is 49.6 Å². The zero-order chi connectivity index (χ0) is 16.0. The van der Waals surface area contributed by atoms with Gasteiger partial charge in [0.05, 0.1) is 11.5 Å². The second-order valence-corrected chi connectivity index (χ2v) is 5.67. The van der Waals surface area contributed by atoms with Gasteiger partial charge in [-0.1, -0.05) is 30.4 Å². The van der Waals surface area contributed by atoms with E-state index in [9.17, 15) is 9.18 Å².